The lowest BCUT2D eigenvalue weighted by atomic mass is 10.1. The van der Waals surface area contributed by atoms with Gasteiger partial charge in [-0.05, 0) is 0 Å². The summed E-state index contributed by atoms with van der Waals surface area (Å²) in [6.45, 7) is -0.924. The Morgan fingerprint density at radius 3 is 1.83 bits per heavy atom. The van der Waals surface area contributed by atoms with Crippen molar-refractivity contribution in [1.29, 1.82) is 0 Å². The van der Waals surface area contributed by atoms with Crippen molar-refractivity contribution in [1.82, 2.24) is 0 Å². The molecule has 0 aromatic carbocycles. The van der Waals surface area contributed by atoms with Crippen molar-refractivity contribution in [2.75, 3.05) is 6.61 Å². The van der Waals surface area contributed by atoms with Gasteiger partial charge in [0.25, 0.3) is 6.10 Å². The smallest absolute Gasteiger partial charge is 0.430 e. The molecule has 1 aliphatic rings. The minimum Gasteiger partial charge on any atom is -0.430 e. The summed E-state index contributed by atoms with van der Waals surface area (Å²) in [6.07, 6.45) is -29.7. The predicted octanol–water partition coefficient (Wildman–Crippen LogP) is 3.65. The molecule has 136 valence electrons. The second-order valence-corrected chi connectivity index (χ2v) is 4.31. The lowest BCUT2D eigenvalue weighted by molar-refractivity contribution is -0.429. The Labute approximate surface area is 120 Å². The fourth-order valence-corrected chi connectivity index (χ4v) is 1.42. The van der Waals surface area contributed by atoms with Gasteiger partial charge in [-0.1, -0.05) is 0 Å². The second kappa shape index (κ2) is 5.87. The zero-order chi connectivity index (χ0) is 18.3. The fraction of sp³-hybridized carbons (Fsp3) is 0.889. The van der Waals surface area contributed by atoms with Crippen LogP contribution in [0, 0.1) is 0 Å². The average molecular weight is 368 g/mol. The third-order valence-electron chi connectivity index (χ3n) is 2.42. The molecule has 14 heteroatoms. The summed E-state index contributed by atoms with van der Waals surface area (Å²) < 4.78 is 135. The monoisotopic (exact) mass is 368 g/mol. The summed E-state index contributed by atoms with van der Waals surface area (Å²) >= 11 is 0. The Balaban J connectivity index is 2.91. The highest BCUT2D eigenvalue weighted by Gasteiger charge is 2.68. The van der Waals surface area contributed by atoms with Gasteiger partial charge in [-0.25, -0.2) is 4.79 Å². The van der Waals surface area contributed by atoms with E-state index in [0.29, 0.717) is 0 Å². The molecule has 0 N–H and O–H groups in total. The first kappa shape index (κ1) is 19.6. The molecule has 0 radical (unpaired) electrons. The van der Waals surface area contributed by atoms with E-state index in [9.17, 15) is 48.7 Å². The van der Waals surface area contributed by atoms with Crippen LogP contribution in [0.3, 0.4) is 0 Å². The van der Waals surface area contributed by atoms with E-state index in [-0.39, 0.29) is 0 Å². The number of carbonyl (C=O) groups excluding carboxylic acids is 1. The van der Waals surface area contributed by atoms with Crippen LogP contribution in [0.15, 0.2) is 0 Å². The summed E-state index contributed by atoms with van der Waals surface area (Å²) in [7, 11) is 0. The molecule has 1 aliphatic heterocycles. The van der Waals surface area contributed by atoms with Crippen molar-refractivity contribution in [2.45, 2.75) is 43.0 Å². The predicted molar refractivity (Wildman–Crippen MR) is 47.7 cm³/mol. The van der Waals surface area contributed by atoms with E-state index in [1.807, 2.05) is 0 Å². The summed E-state index contributed by atoms with van der Waals surface area (Å²) in [5, 5.41) is 0. The SMILES string of the molecule is O=C1OCC(CC(F)(F)C(F)(F)OC(C(F)(F)F)C(F)(F)F)O1. The van der Waals surface area contributed by atoms with Gasteiger partial charge in [0.15, 0.2) is 0 Å². The van der Waals surface area contributed by atoms with E-state index in [0.717, 1.165) is 0 Å². The lowest BCUT2D eigenvalue weighted by Gasteiger charge is -2.32. The molecule has 1 atom stereocenters. The molecule has 1 rings (SSSR count). The number of halogens is 10. The molecule has 4 nitrogen and oxygen atoms in total. The number of cyclic esters (lactones) is 2. The van der Waals surface area contributed by atoms with Crippen molar-refractivity contribution in [3.8, 4) is 0 Å². The Hall–Kier alpha value is -1.47. The molecule has 0 bridgehead atoms. The van der Waals surface area contributed by atoms with E-state index >= 15 is 0 Å². The molecule has 1 unspecified atom stereocenters. The van der Waals surface area contributed by atoms with Crippen molar-refractivity contribution in [2.24, 2.45) is 0 Å². The number of alkyl halides is 10. The third kappa shape index (κ3) is 4.75. The first-order valence-electron chi connectivity index (χ1n) is 5.46. The van der Waals surface area contributed by atoms with Crippen LogP contribution in [-0.2, 0) is 14.2 Å². The molecule has 1 saturated heterocycles. The molecule has 1 fully saturated rings. The molecule has 0 spiro atoms. The highest BCUT2D eigenvalue weighted by Crippen LogP contribution is 2.45. The largest absolute Gasteiger partial charge is 0.508 e. The molecule has 23 heavy (non-hydrogen) atoms. The zero-order valence-corrected chi connectivity index (χ0v) is 10.5. The van der Waals surface area contributed by atoms with Gasteiger partial charge >= 0.3 is 30.5 Å². The number of ether oxygens (including phenoxy) is 3. The average Bonchev–Trinajstić information content (AvgIpc) is 2.67. The van der Waals surface area contributed by atoms with Crippen LogP contribution >= 0.6 is 0 Å². The van der Waals surface area contributed by atoms with Gasteiger partial charge in [0.1, 0.15) is 12.7 Å². The Kier molecular flexibility index (Phi) is 4.99. The molecular weight excluding hydrogens is 362 g/mol. The lowest BCUT2D eigenvalue weighted by Crippen LogP contribution is -2.54. The van der Waals surface area contributed by atoms with Crippen LogP contribution < -0.4 is 0 Å². The Morgan fingerprint density at radius 1 is 1.00 bits per heavy atom. The van der Waals surface area contributed by atoms with Crippen LogP contribution in [0.25, 0.3) is 0 Å². The van der Waals surface area contributed by atoms with Gasteiger partial charge in [0.05, 0.1) is 6.42 Å². The Bertz CT molecular complexity index is 429. The van der Waals surface area contributed by atoms with Gasteiger partial charge in [-0.2, -0.15) is 43.9 Å². The number of rotatable bonds is 5. The van der Waals surface area contributed by atoms with Gasteiger partial charge in [-0.3, -0.25) is 4.74 Å². The maximum atomic E-state index is 13.3. The standard InChI is InChI=1S/C9H6F10O4/c10-6(11,1-3-2-21-5(20)22-3)9(18,19)23-4(7(12,13)14)8(15,16)17/h3-4H,1-2H2. The Morgan fingerprint density at radius 2 is 1.48 bits per heavy atom. The zero-order valence-electron chi connectivity index (χ0n) is 10.5. The third-order valence-corrected chi connectivity index (χ3v) is 2.42. The fourth-order valence-electron chi connectivity index (χ4n) is 1.42. The molecule has 0 aromatic rings. The highest BCUT2D eigenvalue weighted by atomic mass is 19.4. The number of hydrogen-bond donors (Lipinski definition) is 0. The van der Waals surface area contributed by atoms with Crippen molar-refractivity contribution in [3.63, 3.8) is 0 Å². The van der Waals surface area contributed by atoms with E-state index in [2.05, 4.69) is 14.2 Å². The summed E-state index contributed by atoms with van der Waals surface area (Å²) in [6, 6.07) is 0. The highest BCUT2D eigenvalue weighted by molar-refractivity contribution is 5.61. The maximum absolute atomic E-state index is 13.3. The second-order valence-electron chi connectivity index (χ2n) is 4.31. The molecular formula is C9H6F10O4. The molecule has 0 aromatic heterocycles. The molecule has 0 aliphatic carbocycles. The molecule has 1 heterocycles. The molecule has 0 saturated carbocycles. The van der Waals surface area contributed by atoms with Crippen LogP contribution in [0.5, 0.6) is 0 Å². The van der Waals surface area contributed by atoms with E-state index in [1.54, 1.807) is 0 Å². The first-order chi connectivity index (χ1) is 10.1. The minimum absolute atomic E-state index is 0.924. The summed E-state index contributed by atoms with van der Waals surface area (Å²) in [5.41, 5.74) is 0. The molecule has 0 amide bonds. The quantitative estimate of drug-likeness (QED) is 0.549. The first-order valence-corrected chi connectivity index (χ1v) is 5.46. The maximum Gasteiger partial charge on any atom is 0.508 e. The van der Waals surface area contributed by atoms with Crippen LogP contribution in [0.4, 0.5) is 48.7 Å². The number of carbonyl (C=O) groups is 1. The van der Waals surface area contributed by atoms with Gasteiger partial charge in [0, 0.05) is 0 Å². The van der Waals surface area contributed by atoms with E-state index in [4.69, 9.17) is 0 Å². The van der Waals surface area contributed by atoms with Crippen LogP contribution in [-0.4, -0.2) is 49.4 Å². The number of hydrogen-bond acceptors (Lipinski definition) is 4. The van der Waals surface area contributed by atoms with Crippen LogP contribution in [0.2, 0.25) is 0 Å². The van der Waals surface area contributed by atoms with Crippen molar-refractivity contribution >= 4 is 6.16 Å². The van der Waals surface area contributed by atoms with E-state index in [1.165, 1.54) is 0 Å². The van der Waals surface area contributed by atoms with Gasteiger partial charge in [-0.15, -0.1) is 0 Å². The van der Waals surface area contributed by atoms with Gasteiger partial charge < -0.3 is 9.47 Å². The van der Waals surface area contributed by atoms with Gasteiger partial charge in [0.2, 0.25) is 0 Å². The normalized spacial score (nSPS) is 20.7. The summed E-state index contributed by atoms with van der Waals surface area (Å²) in [4.78, 5) is 10.4. The topological polar surface area (TPSA) is 44.8 Å². The summed E-state index contributed by atoms with van der Waals surface area (Å²) in [5.74, 6) is -5.50. The van der Waals surface area contributed by atoms with E-state index < -0.39 is 55.8 Å². The minimum atomic E-state index is -6.40. The van der Waals surface area contributed by atoms with Crippen molar-refractivity contribution in [3.05, 3.63) is 0 Å². The van der Waals surface area contributed by atoms with Crippen LogP contribution in [0.1, 0.15) is 6.42 Å². The van der Waals surface area contributed by atoms with Crippen molar-refractivity contribution < 1.29 is 62.9 Å².